The highest BCUT2D eigenvalue weighted by atomic mass is 15.2. The first-order valence-electron chi connectivity index (χ1n) is 31.4. The highest BCUT2D eigenvalue weighted by Crippen LogP contribution is 2.49. The van der Waals surface area contributed by atoms with Crippen molar-refractivity contribution < 1.29 is 0 Å². The minimum Gasteiger partial charge on any atom is -0.311 e. The van der Waals surface area contributed by atoms with Crippen LogP contribution in [-0.2, 0) is 10.8 Å². The van der Waals surface area contributed by atoms with Crippen molar-refractivity contribution in [3.05, 3.63) is 303 Å². The van der Waals surface area contributed by atoms with E-state index in [-0.39, 0.29) is 17.5 Å². The standard InChI is InChI=1S/C84H66BN5/c1-83(2,3)67-33-41-76-72(47-67)73-48-68(84(4,5)6)34-42-77(73)90(76)71-49-80-82-81(50-71)89(70-37-29-60(30-38-70)56-21-13-8-14-22-56)79-46-62(66-44-64(52-87-54-66)58-25-17-10-18-26-58)32-40-75(79)85(82)74-39-31-61(65-43-63(51-86-53-65)57-23-15-9-16-24-57)45-78(74)88(80)69-35-27-59(28-36-69)55-19-11-7-12-20-55/h7-54H,1-6H3. The Balaban J connectivity index is 1.00. The maximum absolute atomic E-state index is 4.90. The Morgan fingerprint density at radius 1 is 0.278 bits per heavy atom. The fourth-order valence-electron chi connectivity index (χ4n) is 13.9. The molecule has 0 amide bonds. The van der Waals surface area contributed by atoms with Gasteiger partial charge < -0.3 is 14.4 Å². The Morgan fingerprint density at radius 2 is 0.611 bits per heavy atom. The zero-order valence-corrected chi connectivity index (χ0v) is 51.5. The van der Waals surface area contributed by atoms with Gasteiger partial charge in [-0.3, -0.25) is 9.97 Å². The van der Waals surface area contributed by atoms with Crippen molar-refractivity contribution in [1.82, 2.24) is 14.5 Å². The van der Waals surface area contributed by atoms with Crippen LogP contribution in [0.3, 0.4) is 0 Å². The van der Waals surface area contributed by atoms with E-state index in [9.17, 15) is 0 Å². The molecule has 0 radical (unpaired) electrons. The number of rotatable bonds is 9. The van der Waals surface area contributed by atoms with Crippen LogP contribution >= 0.6 is 0 Å². The Morgan fingerprint density at radius 3 is 0.978 bits per heavy atom. The van der Waals surface area contributed by atoms with E-state index in [1.807, 2.05) is 24.8 Å². The minimum absolute atomic E-state index is 0.0568. The maximum Gasteiger partial charge on any atom is 0.252 e. The van der Waals surface area contributed by atoms with Gasteiger partial charge in [-0.1, -0.05) is 224 Å². The summed E-state index contributed by atoms with van der Waals surface area (Å²) in [5, 5.41) is 2.49. The average Bonchev–Trinajstić information content (AvgIpc) is 0.828. The molecule has 5 nitrogen and oxygen atoms in total. The minimum atomic E-state index is -0.166. The highest BCUT2D eigenvalue weighted by molar-refractivity contribution is 7.00. The summed E-state index contributed by atoms with van der Waals surface area (Å²) in [6.07, 6.45) is 7.97. The number of nitrogens with zero attached hydrogens (tertiary/aromatic N) is 5. The molecule has 0 saturated heterocycles. The monoisotopic (exact) mass is 1160 g/mol. The van der Waals surface area contributed by atoms with Gasteiger partial charge >= 0.3 is 0 Å². The van der Waals surface area contributed by atoms with Gasteiger partial charge in [0.25, 0.3) is 6.71 Å². The van der Waals surface area contributed by atoms with Crippen LogP contribution in [0.25, 0.3) is 94.3 Å². The molecule has 430 valence electrons. The van der Waals surface area contributed by atoms with Crippen LogP contribution in [0.4, 0.5) is 34.1 Å². The lowest BCUT2D eigenvalue weighted by atomic mass is 9.33. The number of hydrogen-bond acceptors (Lipinski definition) is 4. The van der Waals surface area contributed by atoms with E-state index >= 15 is 0 Å². The fraction of sp³-hybridized carbons (Fsp3) is 0.0952. The number of pyridine rings is 2. The molecule has 11 aromatic carbocycles. The molecule has 0 atom stereocenters. The molecule has 2 aliphatic rings. The lowest BCUT2D eigenvalue weighted by molar-refractivity contribution is 0.590. The maximum atomic E-state index is 4.90. The zero-order chi connectivity index (χ0) is 60.8. The molecule has 3 aromatic heterocycles. The molecule has 14 aromatic rings. The lowest BCUT2D eigenvalue weighted by Gasteiger charge is -2.44. The van der Waals surface area contributed by atoms with E-state index in [1.165, 1.54) is 60.4 Å². The Kier molecular flexibility index (Phi) is 13.0. The fourth-order valence-corrected chi connectivity index (χ4v) is 13.9. The molecule has 90 heavy (non-hydrogen) atoms. The number of hydrogen-bond donors (Lipinski definition) is 0. The first-order chi connectivity index (χ1) is 43.9. The molecule has 2 aliphatic heterocycles. The van der Waals surface area contributed by atoms with E-state index in [4.69, 9.17) is 9.97 Å². The van der Waals surface area contributed by atoms with Gasteiger partial charge in [0.05, 0.1) is 16.7 Å². The smallest absolute Gasteiger partial charge is 0.252 e. The summed E-state index contributed by atoms with van der Waals surface area (Å²) in [6, 6.07) is 99.2. The molecular weight excluding hydrogens is 1090 g/mol. The summed E-state index contributed by atoms with van der Waals surface area (Å²) in [4.78, 5) is 14.9. The van der Waals surface area contributed by atoms with Crippen LogP contribution in [0.1, 0.15) is 52.7 Å². The Bertz CT molecular complexity index is 4750. The molecule has 0 bridgehead atoms. The van der Waals surface area contributed by atoms with Crippen molar-refractivity contribution in [1.29, 1.82) is 0 Å². The number of benzene rings is 11. The van der Waals surface area contributed by atoms with Crippen molar-refractivity contribution >= 4 is 79.0 Å². The third-order valence-electron chi connectivity index (χ3n) is 18.6. The third kappa shape index (κ3) is 9.50. The van der Waals surface area contributed by atoms with Gasteiger partial charge in [0.15, 0.2) is 0 Å². The van der Waals surface area contributed by atoms with Gasteiger partial charge in [-0.05, 0) is 168 Å². The van der Waals surface area contributed by atoms with Crippen LogP contribution < -0.4 is 26.2 Å². The summed E-state index contributed by atoms with van der Waals surface area (Å²) < 4.78 is 2.54. The van der Waals surface area contributed by atoms with Crippen LogP contribution in [0.2, 0.25) is 0 Å². The summed E-state index contributed by atoms with van der Waals surface area (Å²) in [5.74, 6) is 0. The molecule has 16 rings (SSSR count). The van der Waals surface area contributed by atoms with Crippen molar-refractivity contribution in [3.8, 4) is 72.4 Å². The molecule has 5 heterocycles. The second-order valence-electron chi connectivity index (χ2n) is 26.3. The average molecular weight is 1160 g/mol. The predicted molar refractivity (Wildman–Crippen MR) is 380 cm³/mol. The third-order valence-corrected chi connectivity index (χ3v) is 18.6. The second-order valence-corrected chi connectivity index (χ2v) is 26.3. The Hall–Kier alpha value is -10.8. The van der Waals surface area contributed by atoms with E-state index in [0.29, 0.717) is 0 Å². The number of aromatic nitrogens is 3. The summed E-state index contributed by atoms with van der Waals surface area (Å²) >= 11 is 0. The van der Waals surface area contributed by atoms with E-state index in [0.717, 1.165) is 95.4 Å². The molecule has 0 unspecified atom stereocenters. The van der Waals surface area contributed by atoms with Crippen LogP contribution in [-0.4, -0.2) is 21.2 Å². The van der Waals surface area contributed by atoms with Crippen LogP contribution in [0.15, 0.2) is 292 Å². The van der Waals surface area contributed by atoms with Crippen LogP contribution in [0.5, 0.6) is 0 Å². The summed E-state index contributed by atoms with van der Waals surface area (Å²) in [5.41, 5.74) is 29.6. The van der Waals surface area contributed by atoms with Gasteiger partial charge in [-0.15, -0.1) is 0 Å². The highest BCUT2D eigenvalue weighted by Gasteiger charge is 2.44. The van der Waals surface area contributed by atoms with E-state index in [1.54, 1.807) is 0 Å². The SMILES string of the molecule is CC(C)(C)c1ccc2c(c1)c1cc(C(C)(C)C)ccc1n2-c1cc2c3c(c1)N(c1ccc(-c4ccccc4)cc1)c1cc(-c4cncc(-c5ccccc5)c4)ccc1B3c1ccc(-c3cncc(-c4ccccc4)c3)cc1N2c1ccc(-c2ccccc2)cc1. The number of anilines is 6. The van der Waals surface area contributed by atoms with Crippen molar-refractivity contribution in [2.45, 2.75) is 52.4 Å². The van der Waals surface area contributed by atoms with Gasteiger partial charge in [-0.2, -0.15) is 0 Å². The molecule has 0 aliphatic carbocycles. The molecule has 0 saturated carbocycles. The predicted octanol–water partition coefficient (Wildman–Crippen LogP) is 20.3. The van der Waals surface area contributed by atoms with Gasteiger partial charge in [0, 0.05) is 91.9 Å². The molecule has 6 heteroatoms. The number of fused-ring (bicyclic) bond motifs is 7. The van der Waals surface area contributed by atoms with Gasteiger partial charge in [0.1, 0.15) is 0 Å². The van der Waals surface area contributed by atoms with E-state index < -0.39 is 0 Å². The summed E-state index contributed by atoms with van der Waals surface area (Å²) in [7, 11) is 0. The second kappa shape index (κ2) is 21.5. The van der Waals surface area contributed by atoms with Crippen molar-refractivity contribution in [2.75, 3.05) is 9.80 Å². The first kappa shape index (κ1) is 54.6. The largest absolute Gasteiger partial charge is 0.311 e. The quantitative estimate of drug-likeness (QED) is 0.135. The van der Waals surface area contributed by atoms with E-state index in [2.05, 4.69) is 323 Å². The topological polar surface area (TPSA) is 37.2 Å². The zero-order valence-electron chi connectivity index (χ0n) is 51.5. The normalized spacial score (nSPS) is 12.7. The summed E-state index contributed by atoms with van der Waals surface area (Å²) in [6.45, 7) is 13.8. The van der Waals surface area contributed by atoms with Gasteiger partial charge in [0.2, 0.25) is 0 Å². The first-order valence-corrected chi connectivity index (χ1v) is 31.4. The van der Waals surface area contributed by atoms with Gasteiger partial charge in [-0.25, -0.2) is 0 Å². The molecule has 0 spiro atoms. The van der Waals surface area contributed by atoms with Crippen LogP contribution in [0, 0.1) is 0 Å². The molecular formula is C84H66BN5. The molecule has 0 N–H and O–H groups in total. The van der Waals surface area contributed by atoms with Crippen molar-refractivity contribution in [3.63, 3.8) is 0 Å². The molecule has 0 fully saturated rings. The lowest BCUT2D eigenvalue weighted by Crippen LogP contribution is -2.61. The Labute approximate surface area is 528 Å². The van der Waals surface area contributed by atoms with Crippen molar-refractivity contribution in [2.24, 2.45) is 0 Å².